The van der Waals surface area contributed by atoms with E-state index < -0.39 is 5.92 Å². The van der Waals surface area contributed by atoms with E-state index in [2.05, 4.69) is 47.7 Å². The number of amides is 2. The second kappa shape index (κ2) is 17.0. The van der Waals surface area contributed by atoms with E-state index in [0.717, 1.165) is 54.2 Å². The maximum absolute atomic E-state index is 13.7. The Labute approximate surface area is 271 Å². The summed E-state index contributed by atoms with van der Waals surface area (Å²) in [5, 5.41) is 2.65. The molecule has 2 aromatic rings. The normalized spacial score (nSPS) is 25.2. The summed E-state index contributed by atoms with van der Waals surface area (Å²) in [5.74, 6) is -0.0172. The number of anilines is 2. The molecule has 0 bridgehead atoms. The highest BCUT2D eigenvalue weighted by molar-refractivity contribution is 7.99. The number of thioether (sulfide) groups is 1. The Balaban J connectivity index is 0.000000204. The Hall–Kier alpha value is -3.05. The molecule has 6 atom stereocenters. The molecule has 0 aliphatic carbocycles. The van der Waals surface area contributed by atoms with Gasteiger partial charge in [0.15, 0.2) is 0 Å². The van der Waals surface area contributed by atoms with Crippen LogP contribution < -0.4 is 11.1 Å². The van der Waals surface area contributed by atoms with Gasteiger partial charge in [0.05, 0.1) is 17.6 Å². The van der Waals surface area contributed by atoms with Crippen molar-refractivity contribution in [3.8, 4) is 0 Å². The van der Waals surface area contributed by atoms with Gasteiger partial charge in [-0.1, -0.05) is 32.9 Å². The molecule has 2 amide bonds. The quantitative estimate of drug-likeness (QED) is 0.131. The van der Waals surface area contributed by atoms with Crippen LogP contribution in [0.4, 0.5) is 26.0 Å². The second-order valence-corrected chi connectivity index (χ2v) is 13.7. The monoisotopic (exact) mass is 644 g/mol. The molecular formula is C34H50F2N6O2S. The van der Waals surface area contributed by atoms with Crippen molar-refractivity contribution in [1.29, 1.82) is 0 Å². The van der Waals surface area contributed by atoms with Crippen LogP contribution in [-0.4, -0.2) is 76.7 Å². The number of rotatable bonds is 9. The maximum Gasteiger partial charge on any atom is 0.251 e. The van der Waals surface area contributed by atoms with Crippen molar-refractivity contribution in [2.24, 2.45) is 16.8 Å². The van der Waals surface area contributed by atoms with Gasteiger partial charge in [0, 0.05) is 61.6 Å². The Bertz CT molecular complexity index is 1280. The lowest BCUT2D eigenvalue weighted by molar-refractivity contribution is -0.121. The van der Waals surface area contributed by atoms with Crippen LogP contribution in [0.3, 0.4) is 0 Å². The van der Waals surface area contributed by atoms with Crippen LogP contribution in [0, 0.1) is 11.8 Å². The van der Waals surface area contributed by atoms with Gasteiger partial charge in [-0.15, -0.1) is 11.8 Å². The number of nitrogen functional groups attached to an aromatic ring is 1. The van der Waals surface area contributed by atoms with Gasteiger partial charge in [0.25, 0.3) is 5.92 Å². The zero-order chi connectivity index (χ0) is 33.1. The molecule has 248 valence electrons. The highest BCUT2D eigenvalue weighted by Gasteiger charge is 2.53. The molecule has 3 N–H and O–H groups in total. The number of nitrogens with two attached hydrogens (primary N) is 1. The van der Waals surface area contributed by atoms with Crippen molar-refractivity contribution in [2.45, 2.75) is 102 Å². The zero-order valence-corrected chi connectivity index (χ0v) is 28.2. The second-order valence-electron chi connectivity index (χ2n) is 12.7. The Morgan fingerprint density at radius 1 is 1.27 bits per heavy atom. The summed E-state index contributed by atoms with van der Waals surface area (Å²) < 4.78 is 27.4. The number of aliphatic imine (C=N–C) groups is 1. The number of nitrogens with zero attached hydrogens (tertiary/aromatic N) is 4. The molecular weight excluding hydrogens is 594 g/mol. The van der Waals surface area contributed by atoms with E-state index in [-0.39, 0.29) is 30.8 Å². The van der Waals surface area contributed by atoms with E-state index in [1.807, 2.05) is 42.2 Å². The molecule has 11 heteroatoms. The van der Waals surface area contributed by atoms with E-state index in [0.29, 0.717) is 29.4 Å². The average Bonchev–Trinajstić information content (AvgIpc) is 3.77. The van der Waals surface area contributed by atoms with E-state index in [9.17, 15) is 18.4 Å². The number of carbonyl (C=O) groups excluding carboxylic acids is 2. The molecule has 5 rings (SSSR count). The molecule has 3 aliphatic rings. The van der Waals surface area contributed by atoms with Gasteiger partial charge in [-0.2, -0.15) is 0 Å². The molecule has 1 aromatic heterocycles. The van der Waals surface area contributed by atoms with Crippen LogP contribution in [0.2, 0.25) is 0 Å². The number of benzene rings is 1. The van der Waals surface area contributed by atoms with Crippen LogP contribution >= 0.6 is 11.8 Å². The molecule has 3 aliphatic heterocycles. The number of halogens is 2. The van der Waals surface area contributed by atoms with Gasteiger partial charge >= 0.3 is 0 Å². The fourth-order valence-corrected chi connectivity index (χ4v) is 7.01. The highest BCUT2D eigenvalue weighted by Crippen LogP contribution is 2.44. The summed E-state index contributed by atoms with van der Waals surface area (Å²) in [5.41, 5.74) is 8.15. The first kappa shape index (κ1) is 36.4. The summed E-state index contributed by atoms with van der Waals surface area (Å²) in [4.78, 5) is 34.4. The molecule has 0 saturated carbocycles. The Morgan fingerprint density at radius 2 is 2.00 bits per heavy atom. The van der Waals surface area contributed by atoms with Crippen molar-refractivity contribution in [3.05, 3.63) is 42.1 Å². The number of nitrogens with one attached hydrogen (secondary N) is 1. The van der Waals surface area contributed by atoms with Crippen LogP contribution in [0.25, 0.3) is 0 Å². The number of aromatic nitrogens is 1. The topological polar surface area (TPSA) is 104 Å². The fourth-order valence-electron chi connectivity index (χ4n) is 5.95. The van der Waals surface area contributed by atoms with E-state index >= 15 is 0 Å². The summed E-state index contributed by atoms with van der Waals surface area (Å²) in [7, 11) is 0. The van der Waals surface area contributed by atoms with Crippen LogP contribution in [0.15, 0.2) is 46.4 Å². The number of fused-ring (bicyclic) bond motifs is 1. The fraction of sp³-hybridized carbons (Fsp3) is 0.588. The zero-order valence-electron chi connectivity index (χ0n) is 27.3. The lowest BCUT2D eigenvalue weighted by Gasteiger charge is -2.33. The first-order chi connectivity index (χ1) is 21.3. The Kier molecular flexibility index (Phi) is 13.8. The molecule has 45 heavy (non-hydrogen) atoms. The van der Waals surface area contributed by atoms with Gasteiger partial charge in [0.2, 0.25) is 12.3 Å². The molecule has 3 saturated heterocycles. The molecule has 4 heterocycles. The summed E-state index contributed by atoms with van der Waals surface area (Å²) in [6.07, 6.45) is 6.71. The number of carbonyl (C=O) groups is 2. The van der Waals surface area contributed by atoms with Crippen molar-refractivity contribution in [1.82, 2.24) is 14.8 Å². The Morgan fingerprint density at radius 3 is 2.64 bits per heavy atom. The van der Waals surface area contributed by atoms with E-state index in [4.69, 9.17) is 5.73 Å². The average molecular weight is 645 g/mol. The highest BCUT2D eigenvalue weighted by atomic mass is 32.2. The van der Waals surface area contributed by atoms with Gasteiger partial charge in [-0.05, 0) is 74.9 Å². The van der Waals surface area contributed by atoms with Crippen LogP contribution in [-0.2, 0) is 16.0 Å². The number of piperidine rings is 2. The predicted molar refractivity (Wildman–Crippen MR) is 182 cm³/mol. The lowest BCUT2D eigenvalue weighted by atomic mass is 9.93. The molecule has 3 fully saturated rings. The van der Waals surface area contributed by atoms with Gasteiger partial charge in [-0.3, -0.25) is 19.5 Å². The SMILES string of the molecule is C=Nc1ccccc1SCC(C)CC1CC(F)(F)CC2CN12.CC1CC[C@H](C)N(C=O)C1.CCc1cc(NC(C)=O)cnc1N. The number of alkyl halides is 2. The standard InChI is InChI=1S/C17H22F2N2S.C9H13N3O.C8H15NO/c1-12(11-22-16-6-4-3-5-15(16)20-2)7-13-8-17(18,19)9-14-10-21(13)14;1-3-7-4-8(12-6(2)13)5-11-9(7)10;1-7-3-4-8(2)9(5-7)6-10/h3-6,12-14H,2,7-11H2,1H3;4-5H,3H2,1-2H3,(H2,10,11)(H,12,13);6-8H,3-5H2,1-2H3/t;;7?,8-/m..0/s1. The van der Waals surface area contributed by atoms with E-state index in [1.165, 1.54) is 19.8 Å². The number of pyridine rings is 1. The molecule has 8 nitrogen and oxygen atoms in total. The third kappa shape index (κ3) is 11.7. The first-order valence-electron chi connectivity index (χ1n) is 15.9. The van der Waals surface area contributed by atoms with Gasteiger partial charge in [-0.25, -0.2) is 13.8 Å². The molecule has 0 spiro atoms. The number of hydrogen-bond acceptors (Lipinski definition) is 7. The minimum absolute atomic E-state index is 0.0311. The molecule has 5 unspecified atom stereocenters. The summed E-state index contributed by atoms with van der Waals surface area (Å²) >= 11 is 1.74. The van der Waals surface area contributed by atoms with Crippen molar-refractivity contribution in [3.63, 3.8) is 0 Å². The maximum atomic E-state index is 13.7. The minimum atomic E-state index is -2.46. The van der Waals surface area contributed by atoms with Gasteiger partial charge in [0.1, 0.15) is 5.82 Å². The number of hydrogen-bond donors (Lipinski definition) is 2. The number of para-hydroxylation sites is 1. The smallest absolute Gasteiger partial charge is 0.251 e. The van der Waals surface area contributed by atoms with Crippen molar-refractivity contribution >= 4 is 48.0 Å². The third-order valence-corrected chi connectivity index (χ3v) is 9.92. The summed E-state index contributed by atoms with van der Waals surface area (Å²) in [6.45, 7) is 15.3. The van der Waals surface area contributed by atoms with Gasteiger partial charge < -0.3 is 16.0 Å². The largest absolute Gasteiger partial charge is 0.383 e. The third-order valence-electron chi connectivity index (χ3n) is 8.53. The number of likely N-dealkylation sites (tertiary alicyclic amines) is 1. The predicted octanol–water partition coefficient (Wildman–Crippen LogP) is 7.07. The lowest BCUT2D eigenvalue weighted by Crippen LogP contribution is -2.39. The molecule has 1 aromatic carbocycles. The minimum Gasteiger partial charge on any atom is -0.383 e. The summed E-state index contributed by atoms with van der Waals surface area (Å²) in [6, 6.07) is 10.4. The van der Waals surface area contributed by atoms with E-state index in [1.54, 1.807) is 18.0 Å². The van der Waals surface area contributed by atoms with Crippen LogP contribution in [0.1, 0.15) is 72.3 Å². The number of aryl methyl sites for hydroxylation is 1. The van der Waals surface area contributed by atoms with Crippen molar-refractivity contribution < 1.29 is 18.4 Å². The van der Waals surface area contributed by atoms with Crippen molar-refractivity contribution in [2.75, 3.05) is 29.9 Å². The van der Waals surface area contributed by atoms with Crippen LogP contribution in [0.5, 0.6) is 0 Å². The first-order valence-corrected chi connectivity index (χ1v) is 16.9. The molecule has 0 radical (unpaired) electrons.